The maximum absolute atomic E-state index is 9.13. The van der Waals surface area contributed by atoms with Crippen LogP contribution in [0.5, 0.6) is 5.75 Å². The van der Waals surface area contributed by atoms with E-state index in [2.05, 4.69) is 0 Å². The zero-order chi connectivity index (χ0) is 9.97. The molecule has 1 aromatic carbocycles. The van der Waals surface area contributed by atoms with Crippen molar-refractivity contribution in [1.82, 2.24) is 0 Å². The van der Waals surface area contributed by atoms with Gasteiger partial charge in [-0.15, -0.1) is 23.7 Å². The Hall–Kier alpha value is -1.03. The van der Waals surface area contributed by atoms with E-state index in [1.165, 1.54) is 0 Å². The van der Waals surface area contributed by atoms with Gasteiger partial charge < -0.3 is 10.8 Å². The summed E-state index contributed by atoms with van der Waals surface area (Å²) in [4.78, 5) is 1.13. The molecule has 0 saturated heterocycles. The van der Waals surface area contributed by atoms with Crippen LogP contribution in [0.2, 0.25) is 0 Å². The third-order valence-corrected chi connectivity index (χ3v) is 3.06. The Bertz CT molecular complexity index is 399. The van der Waals surface area contributed by atoms with E-state index in [4.69, 9.17) is 10.8 Å². The zero-order valence-electron chi connectivity index (χ0n) is 7.96. The van der Waals surface area contributed by atoms with E-state index in [0.29, 0.717) is 0 Å². The predicted molar refractivity (Wildman–Crippen MR) is 65.7 cm³/mol. The van der Waals surface area contributed by atoms with Gasteiger partial charge in [0.15, 0.2) is 0 Å². The number of phenols is 1. The molecular weight excluding hydrogens is 230 g/mol. The van der Waals surface area contributed by atoms with Crippen molar-refractivity contribution >= 4 is 23.7 Å². The van der Waals surface area contributed by atoms with Crippen LogP contribution < -0.4 is 5.73 Å². The number of nitrogens with two attached hydrogens (primary N) is 1. The second-order valence-electron chi connectivity index (χ2n) is 3.08. The number of thiophene rings is 1. The fourth-order valence-electron chi connectivity index (χ4n) is 1.31. The normalized spacial score (nSPS) is 11.8. The fourth-order valence-corrected chi connectivity index (χ4v) is 2.07. The molecule has 2 nitrogen and oxygen atoms in total. The van der Waals surface area contributed by atoms with Gasteiger partial charge in [0, 0.05) is 4.88 Å². The van der Waals surface area contributed by atoms with Gasteiger partial charge in [0.2, 0.25) is 0 Å². The Balaban J connectivity index is 0.00000112. The molecule has 1 atom stereocenters. The molecule has 3 N–H and O–H groups in total. The molecule has 0 unspecified atom stereocenters. The molecule has 0 saturated carbocycles. The van der Waals surface area contributed by atoms with Gasteiger partial charge in [-0.05, 0) is 29.1 Å². The number of hydrogen-bond acceptors (Lipinski definition) is 3. The maximum Gasteiger partial charge on any atom is 0.115 e. The molecule has 0 aliphatic heterocycles. The van der Waals surface area contributed by atoms with E-state index in [-0.39, 0.29) is 24.2 Å². The summed E-state index contributed by atoms with van der Waals surface area (Å²) in [6, 6.07) is 10.9. The van der Waals surface area contributed by atoms with Crippen LogP contribution in [0.25, 0.3) is 0 Å². The quantitative estimate of drug-likeness (QED) is 0.849. The van der Waals surface area contributed by atoms with E-state index in [9.17, 15) is 0 Å². The lowest BCUT2D eigenvalue weighted by Crippen LogP contribution is -2.09. The standard InChI is InChI=1S/C11H11NOS.ClH/c12-11(10-2-1-7-14-10)8-3-5-9(13)6-4-8;/h1-7,11,13H,12H2;1H/t11-;/m1./s1. The molecule has 0 aliphatic carbocycles. The van der Waals surface area contributed by atoms with E-state index in [0.717, 1.165) is 10.4 Å². The van der Waals surface area contributed by atoms with E-state index in [1.54, 1.807) is 23.5 Å². The molecule has 0 bridgehead atoms. The number of phenolic OH excluding ortho intramolecular Hbond substituents is 1. The van der Waals surface area contributed by atoms with Crippen LogP contribution in [0.4, 0.5) is 0 Å². The summed E-state index contributed by atoms with van der Waals surface area (Å²) >= 11 is 1.64. The minimum atomic E-state index is -0.0874. The van der Waals surface area contributed by atoms with Crippen molar-refractivity contribution in [3.63, 3.8) is 0 Å². The molecule has 0 fully saturated rings. The van der Waals surface area contributed by atoms with Crippen LogP contribution in [0.3, 0.4) is 0 Å². The van der Waals surface area contributed by atoms with E-state index in [1.807, 2.05) is 29.6 Å². The van der Waals surface area contributed by atoms with Crippen molar-refractivity contribution in [3.05, 3.63) is 52.2 Å². The van der Waals surface area contributed by atoms with Gasteiger partial charge >= 0.3 is 0 Å². The van der Waals surface area contributed by atoms with Gasteiger partial charge in [0.1, 0.15) is 5.75 Å². The average molecular weight is 242 g/mol. The molecule has 15 heavy (non-hydrogen) atoms. The highest BCUT2D eigenvalue weighted by Crippen LogP contribution is 2.24. The highest BCUT2D eigenvalue weighted by atomic mass is 35.5. The van der Waals surface area contributed by atoms with Gasteiger partial charge in [-0.2, -0.15) is 0 Å². The third-order valence-electron chi connectivity index (χ3n) is 2.10. The highest BCUT2D eigenvalue weighted by molar-refractivity contribution is 7.10. The molecule has 2 rings (SSSR count). The molecule has 4 heteroatoms. The van der Waals surface area contributed by atoms with Crippen LogP contribution in [0, 0.1) is 0 Å². The summed E-state index contributed by atoms with van der Waals surface area (Å²) in [5.41, 5.74) is 7.06. The Kier molecular flexibility index (Phi) is 4.15. The van der Waals surface area contributed by atoms with Crippen molar-refractivity contribution in [1.29, 1.82) is 0 Å². The smallest absolute Gasteiger partial charge is 0.115 e. The van der Waals surface area contributed by atoms with Crippen molar-refractivity contribution in [3.8, 4) is 5.75 Å². The van der Waals surface area contributed by atoms with Crippen LogP contribution in [0.15, 0.2) is 41.8 Å². The third kappa shape index (κ3) is 2.72. The number of halogens is 1. The predicted octanol–water partition coefficient (Wildman–Crippen LogP) is 2.92. The molecule has 1 aromatic heterocycles. The van der Waals surface area contributed by atoms with Gasteiger partial charge in [0.05, 0.1) is 6.04 Å². The lowest BCUT2D eigenvalue weighted by molar-refractivity contribution is 0.475. The summed E-state index contributed by atoms with van der Waals surface area (Å²) in [6.07, 6.45) is 0. The van der Waals surface area contributed by atoms with Crippen molar-refractivity contribution < 1.29 is 5.11 Å². The minimum absolute atomic E-state index is 0. The lowest BCUT2D eigenvalue weighted by atomic mass is 10.1. The van der Waals surface area contributed by atoms with Gasteiger partial charge in [-0.3, -0.25) is 0 Å². The van der Waals surface area contributed by atoms with Gasteiger partial charge in [-0.1, -0.05) is 18.2 Å². The maximum atomic E-state index is 9.13. The first-order valence-corrected chi connectivity index (χ1v) is 5.23. The van der Waals surface area contributed by atoms with Crippen molar-refractivity contribution in [2.75, 3.05) is 0 Å². The molecule has 0 spiro atoms. The number of hydrogen-bond donors (Lipinski definition) is 2. The summed E-state index contributed by atoms with van der Waals surface area (Å²) in [5.74, 6) is 0.270. The average Bonchev–Trinajstić information content (AvgIpc) is 2.71. The van der Waals surface area contributed by atoms with Crippen LogP contribution >= 0.6 is 23.7 Å². The molecule has 1 heterocycles. The van der Waals surface area contributed by atoms with Gasteiger partial charge in [-0.25, -0.2) is 0 Å². The topological polar surface area (TPSA) is 46.2 Å². The Morgan fingerprint density at radius 2 is 1.80 bits per heavy atom. The van der Waals surface area contributed by atoms with Crippen LogP contribution in [0.1, 0.15) is 16.5 Å². The Morgan fingerprint density at radius 3 is 2.33 bits per heavy atom. The second-order valence-corrected chi connectivity index (χ2v) is 4.06. The minimum Gasteiger partial charge on any atom is -0.508 e. The van der Waals surface area contributed by atoms with Gasteiger partial charge in [0.25, 0.3) is 0 Å². The first-order valence-electron chi connectivity index (χ1n) is 4.35. The second kappa shape index (κ2) is 5.16. The molecular formula is C11H12ClNOS. The molecule has 0 radical (unpaired) electrons. The Morgan fingerprint density at radius 1 is 1.13 bits per heavy atom. The summed E-state index contributed by atoms with van der Waals surface area (Å²) in [7, 11) is 0. The number of aromatic hydroxyl groups is 1. The largest absolute Gasteiger partial charge is 0.508 e. The molecule has 80 valence electrons. The van der Waals surface area contributed by atoms with Crippen LogP contribution in [-0.4, -0.2) is 5.11 Å². The van der Waals surface area contributed by atoms with Crippen molar-refractivity contribution in [2.45, 2.75) is 6.04 Å². The summed E-state index contributed by atoms with van der Waals surface area (Å²) < 4.78 is 0. The summed E-state index contributed by atoms with van der Waals surface area (Å²) in [6.45, 7) is 0. The monoisotopic (exact) mass is 241 g/mol. The zero-order valence-corrected chi connectivity index (χ0v) is 9.59. The number of benzene rings is 1. The van der Waals surface area contributed by atoms with Crippen LogP contribution in [-0.2, 0) is 0 Å². The SMILES string of the molecule is Cl.N[C@H](c1ccc(O)cc1)c1cccs1. The lowest BCUT2D eigenvalue weighted by Gasteiger charge is -2.09. The molecule has 0 amide bonds. The first kappa shape index (κ1) is 12.0. The fraction of sp³-hybridized carbons (Fsp3) is 0.0909. The Labute approximate surface area is 98.8 Å². The molecule has 2 aromatic rings. The van der Waals surface area contributed by atoms with E-state index < -0.39 is 0 Å². The number of rotatable bonds is 2. The first-order chi connectivity index (χ1) is 6.77. The van der Waals surface area contributed by atoms with E-state index >= 15 is 0 Å². The molecule has 0 aliphatic rings. The van der Waals surface area contributed by atoms with Crippen molar-refractivity contribution in [2.24, 2.45) is 5.73 Å². The highest BCUT2D eigenvalue weighted by Gasteiger charge is 2.08. The summed E-state index contributed by atoms with van der Waals surface area (Å²) in [5, 5.41) is 11.1.